The Morgan fingerprint density at radius 3 is 2.22 bits per heavy atom. The van der Waals surface area contributed by atoms with E-state index in [4.69, 9.17) is 15.2 Å². The van der Waals surface area contributed by atoms with Gasteiger partial charge in [0.25, 0.3) is 0 Å². The van der Waals surface area contributed by atoms with Crippen LogP contribution in [0.25, 0.3) is 11.4 Å². The first kappa shape index (κ1) is 21.0. The number of hydrogen-bond acceptors (Lipinski definition) is 8. The standard InChI is InChI=1S/C19H30N6O2/c1-15(2)14-22-19-24-17(16-6-4-3-5-7-16)23-18(25-19)21-9-11-27-13-12-26-10-8-20/h3-7,15H,8-14,20H2,1-2H3,(H2,21,22,23,24,25). The van der Waals surface area contributed by atoms with Gasteiger partial charge >= 0.3 is 0 Å². The maximum absolute atomic E-state index is 5.51. The number of hydrogen-bond donors (Lipinski definition) is 3. The number of nitrogens with two attached hydrogens (primary N) is 1. The van der Waals surface area contributed by atoms with E-state index in [9.17, 15) is 0 Å². The average molecular weight is 374 g/mol. The number of aromatic nitrogens is 3. The lowest BCUT2D eigenvalue weighted by Crippen LogP contribution is -2.17. The van der Waals surface area contributed by atoms with E-state index in [2.05, 4.69) is 39.4 Å². The molecule has 148 valence electrons. The second-order valence-electron chi connectivity index (χ2n) is 6.39. The van der Waals surface area contributed by atoms with Crippen molar-refractivity contribution in [3.05, 3.63) is 30.3 Å². The van der Waals surface area contributed by atoms with Gasteiger partial charge < -0.3 is 25.8 Å². The SMILES string of the molecule is CC(C)CNc1nc(NCCOCCOCCN)nc(-c2ccccc2)n1. The molecule has 0 aliphatic rings. The second-order valence-corrected chi connectivity index (χ2v) is 6.39. The van der Waals surface area contributed by atoms with Crippen LogP contribution in [0.5, 0.6) is 0 Å². The molecule has 0 atom stereocenters. The van der Waals surface area contributed by atoms with Gasteiger partial charge in [0.15, 0.2) is 5.82 Å². The van der Waals surface area contributed by atoms with Gasteiger partial charge in [0, 0.05) is 25.2 Å². The normalized spacial score (nSPS) is 11.0. The van der Waals surface area contributed by atoms with E-state index in [-0.39, 0.29) is 0 Å². The smallest absolute Gasteiger partial charge is 0.228 e. The van der Waals surface area contributed by atoms with Crippen molar-refractivity contribution >= 4 is 11.9 Å². The molecule has 2 rings (SSSR count). The number of rotatable bonds is 13. The topological polar surface area (TPSA) is 107 Å². The van der Waals surface area contributed by atoms with Gasteiger partial charge in [-0.3, -0.25) is 0 Å². The minimum Gasteiger partial charge on any atom is -0.378 e. The molecule has 0 spiro atoms. The first-order valence-electron chi connectivity index (χ1n) is 9.34. The Morgan fingerprint density at radius 1 is 0.889 bits per heavy atom. The summed E-state index contributed by atoms with van der Waals surface area (Å²) in [5.41, 5.74) is 6.31. The lowest BCUT2D eigenvalue weighted by Gasteiger charge is -2.12. The molecule has 0 amide bonds. The second kappa shape index (κ2) is 12.2. The van der Waals surface area contributed by atoms with Crippen LogP contribution in [-0.4, -0.2) is 61.0 Å². The van der Waals surface area contributed by atoms with Gasteiger partial charge in [0.1, 0.15) is 0 Å². The lowest BCUT2D eigenvalue weighted by molar-refractivity contribution is 0.0547. The summed E-state index contributed by atoms with van der Waals surface area (Å²) >= 11 is 0. The molecule has 0 unspecified atom stereocenters. The zero-order chi connectivity index (χ0) is 19.3. The highest BCUT2D eigenvalue weighted by Gasteiger charge is 2.08. The predicted octanol–water partition coefficient (Wildman–Crippen LogP) is 2.01. The summed E-state index contributed by atoms with van der Waals surface area (Å²) in [6.45, 7) is 8.37. The lowest BCUT2D eigenvalue weighted by atomic mass is 10.2. The van der Waals surface area contributed by atoms with Crippen LogP contribution in [0.4, 0.5) is 11.9 Å². The van der Waals surface area contributed by atoms with Gasteiger partial charge in [-0.25, -0.2) is 0 Å². The van der Waals surface area contributed by atoms with Gasteiger partial charge in [0.05, 0.1) is 26.4 Å². The first-order chi connectivity index (χ1) is 13.2. The molecule has 0 radical (unpaired) electrons. The Bertz CT molecular complexity index is 654. The Kier molecular flexibility index (Phi) is 9.47. The fourth-order valence-electron chi connectivity index (χ4n) is 2.19. The summed E-state index contributed by atoms with van der Waals surface area (Å²) in [7, 11) is 0. The molecule has 0 bridgehead atoms. The van der Waals surface area contributed by atoms with Crippen molar-refractivity contribution in [2.75, 3.05) is 56.7 Å². The molecule has 0 saturated carbocycles. The van der Waals surface area contributed by atoms with E-state index in [0.29, 0.717) is 63.2 Å². The quantitative estimate of drug-likeness (QED) is 0.457. The van der Waals surface area contributed by atoms with Crippen LogP contribution in [-0.2, 0) is 9.47 Å². The van der Waals surface area contributed by atoms with E-state index in [1.807, 2.05) is 30.3 Å². The summed E-state index contributed by atoms with van der Waals surface area (Å²) in [5, 5.41) is 6.46. The van der Waals surface area contributed by atoms with E-state index in [0.717, 1.165) is 12.1 Å². The van der Waals surface area contributed by atoms with Crippen LogP contribution in [0, 0.1) is 5.92 Å². The van der Waals surface area contributed by atoms with E-state index in [1.54, 1.807) is 0 Å². The monoisotopic (exact) mass is 374 g/mol. The van der Waals surface area contributed by atoms with Crippen LogP contribution in [0.2, 0.25) is 0 Å². The third kappa shape index (κ3) is 8.29. The zero-order valence-corrected chi connectivity index (χ0v) is 16.1. The maximum Gasteiger partial charge on any atom is 0.228 e. The van der Waals surface area contributed by atoms with Crippen molar-refractivity contribution in [2.24, 2.45) is 11.7 Å². The van der Waals surface area contributed by atoms with Crippen molar-refractivity contribution in [2.45, 2.75) is 13.8 Å². The Morgan fingerprint density at radius 2 is 1.56 bits per heavy atom. The third-order valence-electron chi connectivity index (χ3n) is 3.50. The van der Waals surface area contributed by atoms with Crippen LogP contribution in [0.1, 0.15) is 13.8 Å². The maximum atomic E-state index is 5.51. The fourth-order valence-corrected chi connectivity index (χ4v) is 2.19. The predicted molar refractivity (Wildman–Crippen MR) is 108 cm³/mol. The van der Waals surface area contributed by atoms with E-state index >= 15 is 0 Å². The molecule has 27 heavy (non-hydrogen) atoms. The molecule has 4 N–H and O–H groups in total. The highest BCUT2D eigenvalue weighted by molar-refractivity contribution is 5.57. The molecule has 0 fully saturated rings. The minimum absolute atomic E-state index is 0.494. The van der Waals surface area contributed by atoms with Crippen molar-refractivity contribution in [1.82, 2.24) is 15.0 Å². The molecule has 1 aromatic heterocycles. The molecule has 1 heterocycles. The minimum atomic E-state index is 0.494. The van der Waals surface area contributed by atoms with Gasteiger partial charge in [0.2, 0.25) is 11.9 Å². The summed E-state index contributed by atoms with van der Waals surface area (Å²) in [4.78, 5) is 13.5. The molecule has 0 aliphatic carbocycles. The Balaban J connectivity index is 1.92. The van der Waals surface area contributed by atoms with E-state index in [1.165, 1.54) is 0 Å². The molecule has 8 nitrogen and oxygen atoms in total. The number of anilines is 2. The molecular weight excluding hydrogens is 344 g/mol. The average Bonchev–Trinajstić information content (AvgIpc) is 2.69. The van der Waals surface area contributed by atoms with Gasteiger partial charge in [-0.1, -0.05) is 44.2 Å². The summed E-state index contributed by atoms with van der Waals surface area (Å²) in [5.74, 6) is 2.22. The Hall–Kier alpha value is -2.29. The highest BCUT2D eigenvalue weighted by Crippen LogP contribution is 2.17. The summed E-state index contributed by atoms with van der Waals surface area (Å²) in [6, 6.07) is 9.87. The van der Waals surface area contributed by atoms with Crippen LogP contribution < -0.4 is 16.4 Å². The first-order valence-corrected chi connectivity index (χ1v) is 9.34. The molecule has 8 heteroatoms. The van der Waals surface area contributed by atoms with Gasteiger partial charge in [-0.05, 0) is 5.92 Å². The van der Waals surface area contributed by atoms with Crippen molar-refractivity contribution in [1.29, 1.82) is 0 Å². The zero-order valence-electron chi connectivity index (χ0n) is 16.1. The van der Waals surface area contributed by atoms with Crippen LogP contribution >= 0.6 is 0 Å². The number of nitrogens with zero attached hydrogens (tertiary/aromatic N) is 3. The highest BCUT2D eigenvalue weighted by atomic mass is 16.5. The molecular formula is C19H30N6O2. The largest absolute Gasteiger partial charge is 0.378 e. The van der Waals surface area contributed by atoms with Crippen LogP contribution in [0.3, 0.4) is 0 Å². The number of benzene rings is 1. The van der Waals surface area contributed by atoms with Gasteiger partial charge in [-0.2, -0.15) is 15.0 Å². The van der Waals surface area contributed by atoms with E-state index < -0.39 is 0 Å². The Labute approximate surface area is 160 Å². The summed E-state index contributed by atoms with van der Waals surface area (Å²) in [6.07, 6.45) is 0. The number of ether oxygens (including phenoxy) is 2. The molecule has 0 saturated heterocycles. The number of nitrogens with one attached hydrogen (secondary N) is 2. The fraction of sp³-hybridized carbons (Fsp3) is 0.526. The van der Waals surface area contributed by atoms with Crippen LogP contribution in [0.15, 0.2) is 30.3 Å². The van der Waals surface area contributed by atoms with Crippen molar-refractivity contribution in [3.63, 3.8) is 0 Å². The van der Waals surface area contributed by atoms with Gasteiger partial charge in [-0.15, -0.1) is 0 Å². The molecule has 2 aromatic rings. The van der Waals surface area contributed by atoms with Crippen molar-refractivity contribution in [3.8, 4) is 11.4 Å². The molecule has 1 aromatic carbocycles. The third-order valence-corrected chi connectivity index (χ3v) is 3.50. The summed E-state index contributed by atoms with van der Waals surface area (Å²) < 4.78 is 10.8. The molecule has 0 aliphatic heterocycles. The van der Waals surface area contributed by atoms with Crippen molar-refractivity contribution < 1.29 is 9.47 Å².